The molecular weight excluding hydrogens is 644 g/mol. The number of hydrogen-bond donors (Lipinski definition) is 1. The highest BCUT2D eigenvalue weighted by Gasteiger charge is 2.52. The molecule has 2 amide bonds. The summed E-state index contributed by atoms with van der Waals surface area (Å²) in [6.07, 6.45) is 1.94. The second-order valence-corrected chi connectivity index (χ2v) is 12.2. The van der Waals surface area contributed by atoms with Crippen LogP contribution in [0.2, 0.25) is 0 Å². The van der Waals surface area contributed by atoms with E-state index in [0.717, 1.165) is 10.0 Å². The summed E-state index contributed by atoms with van der Waals surface area (Å²) < 4.78 is 0.807. The number of alkyl halides is 2. The van der Waals surface area contributed by atoms with E-state index in [9.17, 15) is 19.5 Å². The summed E-state index contributed by atoms with van der Waals surface area (Å²) in [6.45, 7) is 2.00. The minimum absolute atomic E-state index is 0.152. The fourth-order valence-corrected chi connectivity index (χ4v) is 6.83. The monoisotopic (exact) mass is 662 g/mol. The van der Waals surface area contributed by atoms with E-state index < -0.39 is 5.97 Å². The smallest absolute Gasteiger partial charge is 0.336 e. The van der Waals surface area contributed by atoms with Crippen molar-refractivity contribution in [2.45, 2.75) is 35.8 Å². The number of aromatic carboxylic acids is 1. The number of aromatic nitrogens is 1. The normalized spacial score (nSPS) is 24.2. The van der Waals surface area contributed by atoms with Crippen LogP contribution in [0.25, 0.3) is 22.2 Å². The number of fused-ring (bicyclic) bond motifs is 2. The van der Waals surface area contributed by atoms with Gasteiger partial charge in [0.1, 0.15) is 0 Å². The average Bonchev–Trinajstić information content (AvgIpc) is 3.07. The van der Waals surface area contributed by atoms with Crippen LogP contribution in [0, 0.1) is 11.8 Å². The third kappa shape index (κ3) is 4.25. The van der Waals surface area contributed by atoms with E-state index in [0.29, 0.717) is 47.1 Å². The first-order valence-corrected chi connectivity index (χ1v) is 13.9. The van der Waals surface area contributed by atoms with Gasteiger partial charge < -0.3 is 5.11 Å². The molecule has 35 heavy (non-hydrogen) atoms. The van der Waals surface area contributed by atoms with Crippen LogP contribution in [0.15, 0.2) is 46.9 Å². The molecule has 3 aromatic rings. The topological polar surface area (TPSA) is 87.6 Å². The molecule has 4 atom stereocenters. The number of halogens is 3. The van der Waals surface area contributed by atoms with Crippen LogP contribution in [-0.2, 0) is 16.0 Å². The van der Waals surface area contributed by atoms with Crippen molar-refractivity contribution in [2.75, 3.05) is 4.90 Å². The first-order valence-electron chi connectivity index (χ1n) is 11.3. The van der Waals surface area contributed by atoms with Crippen LogP contribution in [0.4, 0.5) is 5.69 Å². The predicted octanol–water partition coefficient (Wildman–Crippen LogP) is 6.35. The van der Waals surface area contributed by atoms with Crippen molar-refractivity contribution in [1.29, 1.82) is 0 Å². The first kappa shape index (κ1) is 24.6. The molecule has 2 heterocycles. The summed E-state index contributed by atoms with van der Waals surface area (Å²) in [5, 5.41) is 10.4. The third-order valence-electron chi connectivity index (χ3n) is 6.90. The van der Waals surface area contributed by atoms with E-state index in [1.165, 1.54) is 4.90 Å². The molecule has 0 spiro atoms. The Hall–Kier alpha value is -2.10. The van der Waals surface area contributed by atoms with E-state index in [4.69, 9.17) is 4.98 Å². The second-order valence-electron chi connectivity index (χ2n) is 8.95. The summed E-state index contributed by atoms with van der Waals surface area (Å²) in [4.78, 5) is 44.7. The molecule has 1 aromatic heterocycles. The number of carboxylic acids is 1. The number of carbonyl (C=O) groups excluding carboxylic acids is 2. The van der Waals surface area contributed by atoms with Gasteiger partial charge in [0, 0.05) is 25.1 Å². The standard InChI is InChI=1S/C26H21Br3N2O4/c1-2-12-7-14(27)8-16-19(26(34)35)11-22(30-23(12)16)13-3-5-15(6-4-13)31-24(32)17-9-20(28)21(29)10-18(17)25(31)33/h3-8,11,17-18,20-21H,2,9-10H2,1H3,(H,34,35). The van der Waals surface area contributed by atoms with E-state index in [-0.39, 0.29) is 38.9 Å². The Kier molecular flexibility index (Phi) is 6.61. The molecule has 4 unspecified atom stereocenters. The van der Waals surface area contributed by atoms with Gasteiger partial charge in [-0.25, -0.2) is 9.78 Å². The summed E-state index contributed by atoms with van der Waals surface area (Å²) in [7, 11) is 0. The van der Waals surface area contributed by atoms with Gasteiger partial charge in [-0.05, 0) is 55.2 Å². The van der Waals surface area contributed by atoms with Gasteiger partial charge >= 0.3 is 5.97 Å². The zero-order chi connectivity index (χ0) is 25.0. The molecule has 0 radical (unpaired) electrons. The minimum Gasteiger partial charge on any atom is -0.478 e. The fraction of sp³-hybridized carbons (Fsp3) is 0.308. The number of hydrogen-bond acceptors (Lipinski definition) is 4. The molecule has 2 aliphatic rings. The van der Waals surface area contributed by atoms with Gasteiger partial charge in [-0.2, -0.15) is 0 Å². The number of carbonyl (C=O) groups is 3. The van der Waals surface area contributed by atoms with Crippen molar-refractivity contribution >= 4 is 82.2 Å². The van der Waals surface area contributed by atoms with Gasteiger partial charge in [0.2, 0.25) is 11.8 Å². The highest BCUT2D eigenvalue weighted by Crippen LogP contribution is 2.44. The summed E-state index contributed by atoms with van der Waals surface area (Å²) in [5.41, 5.74) is 3.52. The zero-order valence-electron chi connectivity index (χ0n) is 18.7. The Morgan fingerprint density at radius 3 is 2.17 bits per heavy atom. The SMILES string of the molecule is CCc1cc(Br)cc2c(C(=O)O)cc(-c3ccc(N4C(=O)C5CC(Br)C(Br)CC5C4=O)cc3)nc12. The Bertz CT molecular complexity index is 1350. The van der Waals surface area contributed by atoms with E-state index in [1.54, 1.807) is 36.4 Å². The van der Waals surface area contributed by atoms with E-state index in [2.05, 4.69) is 47.8 Å². The van der Waals surface area contributed by atoms with Crippen LogP contribution >= 0.6 is 47.8 Å². The Balaban J connectivity index is 1.52. The number of pyridine rings is 1. The van der Waals surface area contributed by atoms with Crippen LogP contribution in [0.5, 0.6) is 0 Å². The highest BCUT2D eigenvalue weighted by molar-refractivity contribution is 9.12. The molecule has 0 bridgehead atoms. The average molecular weight is 665 g/mol. The van der Waals surface area contributed by atoms with Crippen molar-refractivity contribution in [3.05, 3.63) is 58.1 Å². The van der Waals surface area contributed by atoms with Gasteiger partial charge in [-0.3, -0.25) is 14.5 Å². The molecule has 1 aliphatic heterocycles. The van der Waals surface area contributed by atoms with Crippen LogP contribution < -0.4 is 4.90 Å². The quantitative estimate of drug-likeness (QED) is 0.260. The number of amides is 2. The fourth-order valence-electron chi connectivity index (χ4n) is 5.09. The van der Waals surface area contributed by atoms with Gasteiger partial charge in [0.15, 0.2) is 0 Å². The molecule has 1 aliphatic carbocycles. The van der Waals surface area contributed by atoms with Gasteiger partial charge in [0.05, 0.1) is 34.3 Å². The molecule has 9 heteroatoms. The second kappa shape index (κ2) is 9.41. The number of carboxylic acid groups (broad SMARTS) is 1. The maximum Gasteiger partial charge on any atom is 0.336 e. The lowest BCUT2D eigenvalue weighted by Crippen LogP contribution is -2.34. The lowest BCUT2D eigenvalue weighted by molar-refractivity contribution is -0.122. The number of aryl methyl sites for hydroxylation is 1. The van der Waals surface area contributed by atoms with Crippen molar-refractivity contribution in [3.8, 4) is 11.3 Å². The lowest BCUT2D eigenvalue weighted by Gasteiger charge is -2.29. The Morgan fingerprint density at radius 1 is 1.03 bits per heavy atom. The largest absolute Gasteiger partial charge is 0.478 e. The summed E-state index contributed by atoms with van der Waals surface area (Å²) in [6, 6.07) is 12.3. The number of imide groups is 1. The maximum atomic E-state index is 13.1. The summed E-state index contributed by atoms with van der Waals surface area (Å²) in [5.74, 6) is -1.97. The molecule has 5 rings (SSSR count). The van der Waals surface area contributed by atoms with Crippen molar-refractivity contribution in [3.63, 3.8) is 0 Å². The Labute approximate surface area is 227 Å². The van der Waals surface area contributed by atoms with Gasteiger partial charge in [-0.15, -0.1) is 0 Å². The molecule has 6 nitrogen and oxygen atoms in total. The number of benzene rings is 2. The molecule has 1 saturated heterocycles. The third-order valence-corrected chi connectivity index (χ3v) is 10.1. The van der Waals surface area contributed by atoms with E-state index in [1.807, 2.05) is 13.0 Å². The molecule has 1 N–H and O–H groups in total. The van der Waals surface area contributed by atoms with Crippen LogP contribution in [0.3, 0.4) is 0 Å². The lowest BCUT2D eigenvalue weighted by atomic mass is 9.81. The van der Waals surface area contributed by atoms with Crippen molar-refractivity contribution in [1.82, 2.24) is 4.98 Å². The van der Waals surface area contributed by atoms with Crippen LogP contribution in [0.1, 0.15) is 35.7 Å². The molecular formula is C26H21Br3N2O4. The minimum atomic E-state index is -1.03. The number of nitrogens with zero attached hydrogens (tertiary/aromatic N) is 2. The maximum absolute atomic E-state index is 13.1. The van der Waals surface area contributed by atoms with Crippen LogP contribution in [-0.4, -0.2) is 37.5 Å². The van der Waals surface area contributed by atoms with Gasteiger partial charge in [0.25, 0.3) is 0 Å². The predicted molar refractivity (Wildman–Crippen MR) is 145 cm³/mol. The molecule has 2 fully saturated rings. The number of anilines is 1. The first-order chi connectivity index (χ1) is 16.7. The zero-order valence-corrected chi connectivity index (χ0v) is 23.4. The Morgan fingerprint density at radius 2 is 1.63 bits per heavy atom. The van der Waals surface area contributed by atoms with Crippen molar-refractivity contribution in [2.24, 2.45) is 11.8 Å². The van der Waals surface area contributed by atoms with Gasteiger partial charge in [-0.1, -0.05) is 66.8 Å². The highest BCUT2D eigenvalue weighted by atomic mass is 79.9. The molecule has 1 saturated carbocycles. The molecule has 180 valence electrons. The number of rotatable bonds is 4. The summed E-state index contributed by atoms with van der Waals surface area (Å²) >= 11 is 10.7. The van der Waals surface area contributed by atoms with Crippen molar-refractivity contribution < 1.29 is 19.5 Å². The molecule has 2 aromatic carbocycles. The van der Waals surface area contributed by atoms with E-state index >= 15 is 0 Å².